The van der Waals surface area contributed by atoms with Gasteiger partial charge in [0.05, 0.1) is 14.2 Å². The van der Waals surface area contributed by atoms with Crippen molar-refractivity contribution in [3.05, 3.63) is 146 Å². The lowest BCUT2D eigenvalue weighted by Gasteiger charge is -2.22. The molecule has 7 rings (SSSR count). The summed E-state index contributed by atoms with van der Waals surface area (Å²) in [4.78, 5) is 0. The van der Waals surface area contributed by atoms with Gasteiger partial charge in [0, 0.05) is 32.0 Å². The van der Waals surface area contributed by atoms with Gasteiger partial charge in [-0.1, -0.05) is 133 Å². The van der Waals surface area contributed by atoms with Gasteiger partial charge in [0.2, 0.25) is 0 Å². The summed E-state index contributed by atoms with van der Waals surface area (Å²) in [6.07, 6.45) is 0. The molecule has 0 aliphatic heterocycles. The lowest BCUT2D eigenvalue weighted by molar-refractivity contribution is 0.418. The SMILES string of the molecule is COc1ccccc1[P@@](c1ccccc1)c1cccc2c1oc1c([P@](c3ccccc3)c3ccccc3OC)cccc12. The summed E-state index contributed by atoms with van der Waals surface area (Å²) in [6.45, 7) is 0. The normalized spacial score (nSPS) is 12.7. The monoisotopic (exact) mass is 596 g/mol. The van der Waals surface area contributed by atoms with E-state index in [0.29, 0.717) is 0 Å². The van der Waals surface area contributed by atoms with Gasteiger partial charge in [-0.3, -0.25) is 0 Å². The van der Waals surface area contributed by atoms with Gasteiger partial charge in [-0.05, 0) is 38.6 Å². The quantitative estimate of drug-likeness (QED) is 0.175. The van der Waals surface area contributed by atoms with E-state index in [1.54, 1.807) is 14.2 Å². The Balaban J connectivity index is 1.51. The zero-order valence-electron chi connectivity index (χ0n) is 24.0. The molecule has 0 bridgehead atoms. The predicted molar refractivity (Wildman–Crippen MR) is 184 cm³/mol. The Bertz CT molecular complexity index is 1870. The molecule has 0 aliphatic carbocycles. The van der Waals surface area contributed by atoms with Gasteiger partial charge in [0.1, 0.15) is 22.7 Å². The third-order valence-corrected chi connectivity index (χ3v) is 12.6. The molecule has 2 atom stereocenters. The van der Waals surface area contributed by atoms with Crippen molar-refractivity contribution < 1.29 is 13.9 Å². The molecule has 0 N–H and O–H groups in total. The number of para-hydroxylation sites is 4. The first-order valence-corrected chi connectivity index (χ1v) is 16.9. The van der Waals surface area contributed by atoms with Crippen molar-refractivity contribution in [3.8, 4) is 11.5 Å². The van der Waals surface area contributed by atoms with E-state index in [4.69, 9.17) is 13.9 Å². The Kier molecular flexibility index (Phi) is 7.69. The minimum atomic E-state index is -0.963. The van der Waals surface area contributed by atoms with Crippen LogP contribution in [0.5, 0.6) is 11.5 Å². The molecule has 0 spiro atoms. The van der Waals surface area contributed by atoms with Crippen molar-refractivity contribution in [2.24, 2.45) is 0 Å². The number of furan rings is 1. The number of ether oxygens (including phenoxy) is 2. The van der Waals surface area contributed by atoms with Crippen LogP contribution in [0.1, 0.15) is 0 Å². The molecule has 0 aliphatic rings. The van der Waals surface area contributed by atoms with Crippen LogP contribution in [0.4, 0.5) is 0 Å². The van der Waals surface area contributed by atoms with Gasteiger partial charge in [0.15, 0.2) is 0 Å². The van der Waals surface area contributed by atoms with Crippen LogP contribution in [0.15, 0.2) is 150 Å². The highest BCUT2D eigenvalue weighted by Gasteiger charge is 2.27. The van der Waals surface area contributed by atoms with Gasteiger partial charge >= 0.3 is 0 Å². The van der Waals surface area contributed by atoms with E-state index in [0.717, 1.165) is 33.4 Å². The lowest BCUT2D eigenvalue weighted by atomic mass is 10.1. The van der Waals surface area contributed by atoms with Crippen LogP contribution in [0.3, 0.4) is 0 Å². The van der Waals surface area contributed by atoms with Gasteiger partial charge in [-0.25, -0.2) is 0 Å². The highest BCUT2D eigenvalue weighted by Crippen LogP contribution is 2.43. The molecule has 0 radical (unpaired) electrons. The van der Waals surface area contributed by atoms with E-state index in [1.165, 1.54) is 31.8 Å². The molecule has 6 aromatic carbocycles. The fourth-order valence-corrected chi connectivity index (χ4v) is 10.8. The fraction of sp³-hybridized carbons (Fsp3) is 0.0526. The first-order chi connectivity index (χ1) is 21.3. The van der Waals surface area contributed by atoms with E-state index >= 15 is 0 Å². The number of hydrogen-bond acceptors (Lipinski definition) is 3. The number of benzene rings is 6. The molecule has 43 heavy (non-hydrogen) atoms. The molecular weight excluding hydrogens is 566 g/mol. The van der Waals surface area contributed by atoms with Crippen LogP contribution in [0.2, 0.25) is 0 Å². The summed E-state index contributed by atoms with van der Waals surface area (Å²) in [5.41, 5.74) is 1.85. The zero-order valence-corrected chi connectivity index (χ0v) is 25.8. The average molecular weight is 597 g/mol. The van der Waals surface area contributed by atoms with E-state index < -0.39 is 15.8 Å². The molecule has 3 nitrogen and oxygen atoms in total. The molecule has 5 heteroatoms. The third-order valence-electron chi connectivity index (χ3n) is 7.65. The van der Waals surface area contributed by atoms with E-state index in [1.807, 2.05) is 24.3 Å². The Morgan fingerprint density at radius 2 is 0.767 bits per heavy atom. The Hall–Kier alpha value is -4.42. The van der Waals surface area contributed by atoms with E-state index in [2.05, 4.69) is 121 Å². The second-order valence-corrected chi connectivity index (χ2v) is 14.4. The van der Waals surface area contributed by atoms with Crippen LogP contribution in [-0.4, -0.2) is 14.2 Å². The second-order valence-electron chi connectivity index (χ2n) is 10.1. The maximum absolute atomic E-state index is 7.06. The lowest BCUT2D eigenvalue weighted by Crippen LogP contribution is -2.22. The van der Waals surface area contributed by atoms with Gasteiger partial charge in [0.25, 0.3) is 0 Å². The number of fused-ring (bicyclic) bond motifs is 3. The van der Waals surface area contributed by atoms with Crippen molar-refractivity contribution in [3.63, 3.8) is 0 Å². The average Bonchev–Trinajstić information content (AvgIpc) is 3.47. The van der Waals surface area contributed by atoms with Crippen molar-refractivity contribution in [2.75, 3.05) is 14.2 Å². The van der Waals surface area contributed by atoms with Gasteiger partial charge in [-0.15, -0.1) is 0 Å². The molecule has 210 valence electrons. The summed E-state index contributed by atoms with van der Waals surface area (Å²) in [5, 5.41) is 9.41. The molecular formula is C38H30O3P2. The molecule has 0 fully saturated rings. The largest absolute Gasteiger partial charge is 0.496 e. The summed E-state index contributed by atoms with van der Waals surface area (Å²) < 4.78 is 18.8. The molecule has 0 amide bonds. The van der Waals surface area contributed by atoms with Crippen molar-refractivity contribution in [1.82, 2.24) is 0 Å². The molecule has 1 heterocycles. The van der Waals surface area contributed by atoms with E-state index in [9.17, 15) is 0 Å². The van der Waals surface area contributed by atoms with Crippen LogP contribution in [0, 0.1) is 0 Å². The minimum Gasteiger partial charge on any atom is -0.496 e. The maximum atomic E-state index is 7.06. The van der Waals surface area contributed by atoms with Crippen LogP contribution < -0.4 is 41.3 Å². The number of methoxy groups -OCH3 is 2. The fourth-order valence-electron chi connectivity index (χ4n) is 5.74. The smallest absolute Gasteiger partial charge is 0.143 e. The number of rotatable bonds is 8. The Morgan fingerprint density at radius 1 is 0.395 bits per heavy atom. The zero-order chi connectivity index (χ0) is 29.2. The van der Waals surface area contributed by atoms with Crippen molar-refractivity contribution in [2.45, 2.75) is 0 Å². The Morgan fingerprint density at radius 3 is 1.19 bits per heavy atom. The summed E-state index contributed by atoms with van der Waals surface area (Å²) >= 11 is 0. The van der Waals surface area contributed by atoms with E-state index in [-0.39, 0.29) is 0 Å². The maximum Gasteiger partial charge on any atom is 0.143 e. The highest BCUT2D eigenvalue weighted by molar-refractivity contribution is 7.80. The summed E-state index contributed by atoms with van der Waals surface area (Å²) in [7, 11) is 1.56. The van der Waals surface area contributed by atoms with Crippen LogP contribution in [0.25, 0.3) is 21.9 Å². The first-order valence-electron chi connectivity index (χ1n) is 14.2. The number of hydrogen-bond donors (Lipinski definition) is 0. The molecule has 7 aromatic rings. The van der Waals surface area contributed by atoms with Crippen LogP contribution >= 0.6 is 15.8 Å². The van der Waals surface area contributed by atoms with Crippen LogP contribution in [-0.2, 0) is 0 Å². The highest BCUT2D eigenvalue weighted by atomic mass is 31.1. The molecule has 0 unspecified atom stereocenters. The second kappa shape index (κ2) is 12.1. The van der Waals surface area contributed by atoms with Gasteiger partial charge < -0.3 is 13.9 Å². The topological polar surface area (TPSA) is 31.6 Å². The minimum absolute atomic E-state index is 0.884. The molecule has 0 saturated carbocycles. The molecule has 1 aromatic heterocycles. The first kappa shape index (κ1) is 27.4. The molecule has 0 saturated heterocycles. The van der Waals surface area contributed by atoms with Crippen molar-refractivity contribution in [1.29, 1.82) is 0 Å². The third kappa shape index (κ3) is 5.00. The Labute approximate surface area is 254 Å². The van der Waals surface area contributed by atoms with Crippen molar-refractivity contribution >= 4 is 69.6 Å². The summed E-state index contributed by atoms with van der Waals surface area (Å²) in [6, 6.07) is 51.2. The van der Waals surface area contributed by atoms with Gasteiger partial charge in [-0.2, -0.15) is 0 Å². The standard InChI is InChI=1S/C38H30O3P2/c1-39-31-21-9-11-23-33(31)42(27-15-5-3-6-16-27)35-25-13-19-29-30-20-14-26-36(38(30)41-37(29)35)43(28-17-7-4-8-18-28)34-24-12-10-22-32(34)40-2/h3-26H,1-2H3/t42-,43-/m1/s1. The summed E-state index contributed by atoms with van der Waals surface area (Å²) in [5.74, 6) is 1.77. The predicted octanol–water partition coefficient (Wildman–Crippen LogP) is 7.12.